The van der Waals surface area contributed by atoms with Gasteiger partial charge >= 0.3 is 0 Å². The van der Waals surface area contributed by atoms with Gasteiger partial charge in [0.15, 0.2) is 0 Å². The number of nitrogens with zero attached hydrogens (tertiary/aromatic N) is 3. The summed E-state index contributed by atoms with van der Waals surface area (Å²) in [5, 5.41) is 16.9. The van der Waals surface area contributed by atoms with E-state index in [4.69, 9.17) is 5.11 Å². The van der Waals surface area contributed by atoms with E-state index in [1.807, 2.05) is 10.9 Å². The quantitative estimate of drug-likeness (QED) is 0.797. The highest BCUT2D eigenvalue weighted by Crippen LogP contribution is 2.25. The molecule has 2 rings (SSSR count). The average Bonchev–Trinajstić information content (AvgIpc) is 2.87. The third-order valence-electron chi connectivity index (χ3n) is 3.10. The third-order valence-corrected chi connectivity index (χ3v) is 3.10. The van der Waals surface area contributed by atoms with E-state index >= 15 is 0 Å². The van der Waals surface area contributed by atoms with Crippen molar-refractivity contribution in [3.63, 3.8) is 0 Å². The van der Waals surface area contributed by atoms with Crippen LogP contribution in [0.1, 0.15) is 37.8 Å². The summed E-state index contributed by atoms with van der Waals surface area (Å²) in [7, 11) is 0. The summed E-state index contributed by atoms with van der Waals surface area (Å²) in [4.78, 5) is 0. The molecule has 0 aromatic carbocycles. The van der Waals surface area contributed by atoms with Gasteiger partial charge in [0.1, 0.15) is 0 Å². The number of aromatic nitrogens is 3. The van der Waals surface area contributed by atoms with Crippen LogP contribution in [0.2, 0.25) is 0 Å². The molecule has 1 heterocycles. The molecule has 0 saturated heterocycles. The van der Waals surface area contributed by atoms with Crippen molar-refractivity contribution >= 4 is 0 Å². The minimum Gasteiger partial charge on any atom is -0.396 e. The van der Waals surface area contributed by atoms with E-state index in [1.165, 1.54) is 25.7 Å². The molecule has 0 bridgehead atoms. The molecule has 0 spiro atoms. The lowest BCUT2D eigenvalue weighted by atomic mass is 10.1. The highest BCUT2D eigenvalue weighted by Gasteiger charge is 2.15. The van der Waals surface area contributed by atoms with Crippen molar-refractivity contribution in [1.82, 2.24) is 15.0 Å². The molecule has 1 fully saturated rings. The van der Waals surface area contributed by atoms with Crippen molar-refractivity contribution < 1.29 is 5.11 Å². The molecule has 0 unspecified atom stereocenters. The van der Waals surface area contributed by atoms with Gasteiger partial charge in [-0.05, 0) is 31.6 Å². The highest BCUT2D eigenvalue weighted by molar-refractivity contribution is 4.92. The Balaban J connectivity index is 1.83. The zero-order chi connectivity index (χ0) is 10.5. The predicted octanol–water partition coefficient (Wildman–Crippen LogP) is 1.39. The zero-order valence-electron chi connectivity index (χ0n) is 9.10. The van der Waals surface area contributed by atoms with Crippen molar-refractivity contribution in [2.24, 2.45) is 5.92 Å². The predicted molar refractivity (Wildman–Crippen MR) is 57.4 cm³/mol. The van der Waals surface area contributed by atoms with Crippen molar-refractivity contribution in [3.05, 3.63) is 11.9 Å². The van der Waals surface area contributed by atoms with Crippen molar-refractivity contribution in [3.8, 4) is 0 Å². The Hall–Kier alpha value is -0.900. The van der Waals surface area contributed by atoms with E-state index in [1.54, 1.807) is 0 Å². The van der Waals surface area contributed by atoms with E-state index in [9.17, 15) is 0 Å². The largest absolute Gasteiger partial charge is 0.396 e. The van der Waals surface area contributed by atoms with E-state index in [-0.39, 0.29) is 6.61 Å². The monoisotopic (exact) mass is 209 g/mol. The van der Waals surface area contributed by atoms with Crippen LogP contribution in [0.5, 0.6) is 0 Å². The molecule has 0 aliphatic heterocycles. The maximum atomic E-state index is 8.71. The smallest absolute Gasteiger partial charge is 0.0828 e. The van der Waals surface area contributed by atoms with Crippen LogP contribution in [-0.4, -0.2) is 26.7 Å². The summed E-state index contributed by atoms with van der Waals surface area (Å²) in [5.74, 6) is 0.803. The second-order valence-electron chi connectivity index (χ2n) is 4.41. The maximum Gasteiger partial charge on any atom is 0.0828 e. The Morgan fingerprint density at radius 2 is 2.20 bits per heavy atom. The molecule has 1 aromatic rings. The highest BCUT2D eigenvalue weighted by atomic mass is 16.2. The van der Waals surface area contributed by atoms with Crippen molar-refractivity contribution in [2.45, 2.75) is 45.1 Å². The number of aliphatic hydroxyl groups excluding tert-OH is 1. The molecule has 4 heteroatoms. The molecule has 84 valence electrons. The Bertz CT molecular complexity index is 292. The Kier molecular flexibility index (Phi) is 3.72. The Morgan fingerprint density at radius 1 is 1.40 bits per heavy atom. The molecule has 0 radical (unpaired) electrons. The van der Waals surface area contributed by atoms with Crippen LogP contribution < -0.4 is 0 Å². The number of rotatable bonds is 5. The molecule has 15 heavy (non-hydrogen) atoms. The van der Waals surface area contributed by atoms with Crippen molar-refractivity contribution in [1.29, 1.82) is 0 Å². The van der Waals surface area contributed by atoms with Crippen molar-refractivity contribution in [2.75, 3.05) is 6.61 Å². The molecule has 0 amide bonds. The topological polar surface area (TPSA) is 50.9 Å². The van der Waals surface area contributed by atoms with Crippen LogP contribution >= 0.6 is 0 Å². The van der Waals surface area contributed by atoms with E-state index in [0.29, 0.717) is 0 Å². The lowest BCUT2D eigenvalue weighted by Crippen LogP contribution is -2.07. The van der Waals surface area contributed by atoms with E-state index < -0.39 is 0 Å². The van der Waals surface area contributed by atoms with Gasteiger partial charge in [0, 0.05) is 19.3 Å². The molecule has 4 nitrogen and oxygen atoms in total. The van der Waals surface area contributed by atoms with Gasteiger partial charge in [0.2, 0.25) is 0 Å². The molecule has 0 atom stereocenters. The summed E-state index contributed by atoms with van der Waals surface area (Å²) in [5.41, 5.74) is 1.00. The first-order valence-electron chi connectivity index (χ1n) is 5.88. The summed E-state index contributed by atoms with van der Waals surface area (Å²) < 4.78 is 1.96. The SMILES string of the molecule is OCCCc1cn(CC2CCCC2)nn1. The lowest BCUT2D eigenvalue weighted by Gasteiger charge is -2.06. The number of hydrogen-bond acceptors (Lipinski definition) is 3. The van der Waals surface area contributed by atoms with Gasteiger partial charge in [-0.25, -0.2) is 0 Å². The van der Waals surface area contributed by atoms with Gasteiger partial charge in [-0.15, -0.1) is 5.10 Å². The zero-order valence-corrected chi connectivity index (χ0v) is 9.10. The van der Waals surface area contributed by atoms with Gasteiger partial charge in [-0.3, -0.25) is 4.68 Å². The minimum absolute atomic E-state index is 0.232. The average molecular weight is 209 g/mol. The summed E-state index contributed by atoms with van der Waals surface area (Å²) in [6.07, 6.45) is 9.06. The normalized spacial score (nSPS) is 17.4. The van der Waals surface area contributed by atoms with Gasteiger partial charge < -0.3 is 5.11 Å². The standard InChI is InChI=1S/C11H19N3O/c15-7-3-6-11-9-14(13-12-11)8-10-4-1-2-5-10/h9-10,15H,1-8H2. The number of aliphatic hydroxyl groups is 1. The van der Waals surface area contributed by atoms with Gasteiger partial charge in [-0.1, -0.05) is 18.1 Å². The number of hydrogen-bond donors (Lipinski definition) is 1. The third kappa shape index (κ3) is 3.02. The fraction of sp³-hybridized carbons (Fsp3) is 0.818. The van der Waals surface area contributed by atoms with Gasteiger partial charge in [0.05, 0.1) is 5.69 Å². The molecule has 1 aromatic heterocycles. The first-order valence-corrected chi connectivity index (χ1v) is 5.88. The van der Waals surface area contributed by atoms with Crippen LogP contribution in [0.25, 0.3) is 0 Å². The van der Waals surface area contributed by atoms with Crippen LogP contribution in [0, 0.1) is 5.92 Å². The first-order chi connectivity index (χ1) is 7.38. The Labute approximate surface area is 90.3 Å². The number of aryl methyl sites for hydroxylation is 1. The Morgan fingerprint density at radius 3 is 2.93 bits per heavy atom. The summed E-state index contributed by atoms with van der Waals surface area (Å²) in [6.45, 7) is 1.25. The molecule has 1 saturated carbocycles. The second kappa shape index (κ2) is 5.26. The summed E-state index contributed by atoms with van der Waals surface area (Å²) >= 11 is 0. The minimum atomic E-state index is 0.232. The lowest BCUT2D eigenvalue weighted by molar-refractivity contribution is 0.288. The first kappa shape index (κ1) is 10.6. The van der Waals surface area contributed by atoms with Crippen LogP contribution in [0.4, 0.5) is 0 Å². The summed E-state index contributed by atoms with van der Waals surface area (Å²) in [6, 6.07) is 0. The van der Waals surface area contributed by atoms with E-state index in [2.05, 4.69) is 10.3 Å². The second-order valence-corrected chi connectivity index (χ2v) is 4.41. The molecule has 1 N–H and O–H groups in total. The fourth-order valence-corrected chi connectivity index (χ4v) is 2.26. The van der Waals surface area contributed by atoms with Gasteiger partial charge in [-0.2, -0.15) is 0 Å². The van der Waals surface area contributed by atoms with Crippen LogP contribution in [0.3, 0.4) is 0 Å². The van der Waals surface area contributed by atoms with E-state index in [0.717, 1.165) is 31.0 Å². The van der Waals surface area contributed by atoms with Crippen LogP contribution in [-0.2, 0) is 13.0 Å². The van der Waals surface area contributed by atoms with Crippen LogP contribution in [0.15, 0.2) is 6.20 Å². The fourth-order valence-electron chi connectivity index (χ4n) is 2.26. The molecular formula is C11H19N3O. The molecular weight excluding hydrogens is 190 g/mol. The van der Waals surface area contributed by atoms with Gasteiger partial charge in [0.25, 0.3) is 0 Å². The maximum absolute atomic E-state index is 8.71. The molecule has 1 aliphatic rings. The molecule has 1 aliphatic carbocycles.